The Balaban J connectivity index is 2.16. The zero-order valence-electron chi connectivity index (χ0n) is 10.8. The molecule has 0 aromatic rings. The third-order valence-corrected chi connectivity index (χ3v) is 4.28. The van der Waals surface area contributed by atoms with Crippen molar-refractivity contribution in [3.8, 4) is 0 Å². The predicted molar refractivity (Wildman–Crippen MR) is 64.4 cm³/mol. The monoisotopic (exact) mass is 236 g/mol. The average molecular weight is 236 g/mol. The Morgan fingerprint density at radius 2 is 1.94 bits per heavy atom. The number of Topliss-reactive ketones (excluding diaryl/α,β-unsaturated/α-hetero) is 1. The Morgan fingerprint density at radius 1 is 1.29 bits per heavy atom. The maximum atomic E-state index is 12.1. The van der Waals surface area contributed by atoms with E-state index in [0.717, 1.165) is 25.7 Å². The number of hydrogen-bond donors (Lipinski definition) is 0. The van der Waals surface area contributed by atoms with Gasteiger partial charge < -0.3 is 4.74 Å². The predicted octanol–water partition coefficient (Wildman–Crippen LogP) is 2.65. The van der Waals surface area contributed by atoms with E-state index in [1.54, 1.807) is 6.92 Å². The van der Waals surface area contributed by atoms with Gasteiger partial charge in [0.15, 0.2) is 0 Å². The fraction of sp³-hybridized carbons (Fsp3) is 0.714. The van der Waals surface area contributed by atoms with Crippen LogP contribution in [0.5, 0.6) is 0 Å². The van der Waals surface area contributed by atoms with E-state index < -0.39 is 5.97 Å². The Labute approximate surface area is 102 Å². The van der Waals surface area contributed by atoms with Crippen molar-refractivity contribution in [2.45, 2.75) is 46.5 Å². The Bertz CT molecular complexity index is 388. The molecule has 2 rings (SSSR count). The van der Waals surface area contributed by atoms with Crippen LogP contribution in [0.4, 0.5) is 0 Å². The van der Waals surface area contributed by atoms with Crippen molar-refractivity contribution in [3.05, 3.63) is 11.1 Å². The van der Waals surface area contributed by atoms with Crippen LogP contribution in [0.1, 0.15) is 46.5 Å². The zero-order valence-corrected chi connectivity index (χ0v) is 10.8. The van der Waals surface area contributed by atoms with E-state index in [1.165, 1.54) is 11.1 Å². The van der Waals surface area contributed by atoms with Gasteiger partial charge in [0.25, 0.3) is 0 Å². The van der Waals surface area contributed by atoms with Gasteiger partial charge in [0, 0.05) is 5.92 Å². The molecule has 1 unspecified atom stereocenters. The van der Waals surface area contributed by atoms with Crippen LogP contribution in [-0.4, -0.2) is 18.4 Å². The van der Waals surface area contributed by atoms with Crippen molar-refractivity contribution in [2.75, 3.05) is 6.61 Å². The van der Waals surface area contributed by atoms with Gasteiger partial charge in [-0.3, -0.25) is 4.79 Å². The number of rotatable bonds is 3. The minimum absolute atomic E-state index is 0.0907. The van der Waals surface area contributed by atoms with Crippen LogP contribution < -0.4 is 0 Å². The first-order valence-corrected chi connectivity index (χ1v) is 6.36. The number of carbonyl (C=O) groups is 2. The summed E-state index contributed by atoms with van der Waals surface area (Å²) < 4.78 is 4.84. The molecule has 0 saturated heterocycles. The van der Waals surface area contributed by atoms with E-state index in [4.69, 9.17) is 4.74 Å². The minimum Gasteiger partial charge on any atom is -0.460 e. The normalized spacial score (nSPS) is 25.9. The highest BCUT2D eigenvalue weighted by atomic mass is 16.5. The summed E-state index contributed by atoms with van der Waals surface area (Å²) in [5.74, 6) is -1.09. The SMILES string of the molecule is CCOC(=O)C(=O)C1CC(C)=C(C)CC12CC2. The summed E-state index contributed by atoms with van der Waals surface area (Å²) >= 11 is 0. The third kappa shape index (κ3) is 2.15. The highest BCUT2D eigenvalue weighted by molar-refractivity contribution is 6.34. The fourth-order valence-electron chi connectivity index (χ4n) is 2.90. The van der Waals surface area contributed by atoms with Crippen molar-refractivity contribution in [2.24, 2.45) is 11.3 Å². The summed E-state index contributed by atoms with van der Waals surface area (Å²) in [7, 11) is 0. The molecule has 2 aliphatic rings. The van der Waals surface area contributed by atoms with Crippen LogP contribution in [0.25, 0.3) is 0 Å². The van der Waals surface area contributed by atoms with Gasteiger partial charge in [0.1, 0.15) is 0 Å². The first-order chi connectivity index (χ1) is 8.00. The summed E-state index contributed by atoms with van der Waals surface area (Å²) in [6, 6.07) is 0. The summed E-state index contributed by atoms with van der Waals surface area (Å²) in [6.07, 6.45) is 3.87. The molecule has 0 aliphatic heterocycles. The molecule has 0 N–H and O–H groups in total. The summed E-state index contributed by atoms with van der Waals surface area (Å²) in [5.41, 5.74) is 2.76. The lowest BCUT2D eigenvalue weighted by Gasteiger charge is -2.31. The van der Waals surface area contributed by atoms with E-state index in [1.807, 2.05) is 0 Å². The van der Waals surface area contributed by atoms with Gasteiger partial charge in [-0.1, -0.05) is 11.1 Å². The van der Waals surface area contributed by atoms with Crippen LogP contribution in [0, 0.1) is 11.3 Å². The molecule has 1 fully saturated rings. The molecule has 0 radical (unpaired) electrons. The number of esters is 1. The largest absolute Gasteiger partial charge is 0.460 e. The van der Waals surface area contributed by atoms with E-state index >= 15 is 0 Å². The summed E-state index contributed by atoms with van der Waals surface area (Å²) in [5, 5.41) is 0. The maximum absolute atomic E-state index is 12.1. The number of carbonyl (C=O) groups excluding carboxylic acids is 2. The van der Waals surface area contributed by atoms with Crippen molar-refractivity contribution >= 4 is 11.8 Å². The number of ether oxygens (including phenoxy) is 1. The summed E-state index contributed by atoms with van der Waals surface area (Å²) in [4.78, 5) is 23.7. The second-order valence-electron chi connectivity index (χ2n) is 5.44. The van der Waals surface area contributed by atoms with Gasteiger partial charge in [0.05, 0.1) is 6.61 Å². The number of allylic oxidation sites excluding steroid dienone is 2. The molecule has 0 bridgehead atoms. The van der Waals surface area contributed by atoms with Crippen molar-refractivity contribution in [1.29, 1.82) is 0 Å². The minimum atomic E-state index is -0.642. The van der Waals surface area contributed by atoms with E-state index in [0.29, 0.717) is 0 Å². The van der Waals surface area contributed by atoms with Crippen LogP contribution in [0.15, 0.2) is 11.1 Å². The van der Waals surface area contributed by atoms with Crippen molar-refractivity contribution in [1.82, 2.24) is 0 Å². The van der Waals surface area contributed by atoms with E-state index in [2.05, 4.69) is 13.8 Å². The number of hydrogen-bond acceptors (Lipinski definition) is 3. The third-order valence-electron chi connectivity index (χ3n) is 4.28. The van der Waals surface area contributed by atoms with E-state index in [9.17, 15) is 9.59 Å². The Kier molecular flexibility index (Phi) is 3.11. The van der Waals surface area contributed by atoms with Crippen LogP contribution in [-0.2, 0) is 14.3 Å². The molecule has 0 aromatic carbocycles. The fourth-order valence-corrected chi connectivity index (χ4v) is 2.90. The molecule has 1 atom stereocenters. The second-order valence-corrected chi connectivity index (χ2v) is 5.44. The molecule has 0 amide bonds. The molecule has 0 heterocycles. The molecule has 3 nitrogen and oxygen atoms in total. The lowest BCUT2D eigenvalue weighted by molar-refractivity contribution is -0.156. The highest BCUT2D eigenvalue weighted by Gasteiger charge is 2.55. The molecular weight excluding hydrogens is 216 g/mol. The molecule has 0 aromatic heterocycles. The molecule has 1 saturated carbocycles. The smallest absolute Gasteiger partial charge is 0.374 e. The quantitative estimate of drug-likeness (QED) is 0.430. The second kappa shape index (κ2) is 4.28. The van der Waals surface area contributed by atoms with Gasteiger partial charge in [0.2, 0.25) is 5.78 Å². The van der Waals surface area contributed by atoms with Gasteiger partial charge in [-0.25, -0.2) is 4.79 Å². The van der Waals surface area contributed by atoms with Gasteiger partial charge in [-0.2, -0.15) is 0 Å². The topological polar surface area (TPSA) is 43.4 Å². The molecule has 94 valence electrons. The average Bonchev–Trinajstić information content (AvgIpc) is 3.04. The van der Waals surface area contributed by atoms with Crippen LogP contribution >= 0.6 is 0 Å². The summed E-state index contributed by atoms with van der Waals surface area (Å²) in [6.45, 7) is 6.21. The lowest BCUT2D eigenvalue weighted by Crippen LogP contribution is -2.35. The first-order valence-electron chi connectivity index (χ1n) is 6.36. The van der Waals surface area contributed by atoms with Crippen molar-refractivity contribution < 1.29 is 14.3 Å². The molecule has 3 heteroatoms. The molecule has 17 heavy (non-hydrogen) atoms. The van der Waals surface area contributed by atoms with Gasteiger partial charge in [-0.05, 0) is 51.9 Å². The first kappa shape index (κ1) is 12.3. The Morgan fingerprint density at radius 3 is 2.47 bits per heavy atom. The highest BCUT2D eigenvalue weighted by Crippen LogP contribution is 2.60. The van der Waals surface area contributed by atoms with Crippen LogP contribution in [0.3, 0.4) is 0 Å². The van der Waals surface area contributed by atoms with Crippen LogP contribution in [0.2, 0.25) is 0 Å². The van der Waals surface area contributed by atoms with Gasteiger partial charge >= 0.3 is 5.97 Å². The molecule has 1 spiro atoms. The van der Waals surface area contributed by atoms with Crippen molar-refractivity contribution in [3.63, 3.8) is 0 Å². The lowest BCUT2D eigenvalue weighted by atomic mass is 9.72. The zero-order chi connectivity index (χ0) is 12.6. The van der Waals surface area contributed by atoms with Gasteiger partial charge in [-0.15, -0.1) is 0 Å². The molecule has 2 aliphatic carbocycles. The molecular formula is C14H20O3. The Hall–Kier alpha value is -1.12. The maximum Gasteiger partial charge on any atom is 0.374 e. The van der Waals surface area contributed by atoms with E-state index in [-0.39, 0.29) is 23.7 Å². The standard InChI is InChI=1S/C14H20O3/c1-4-17-13(16)12(15)11-7-9(2)10(3)8-14(11)5-6-14/h11H,4-8H2,1-3H3. The number of ketones is 1.